The van der Waals surface area contributed by atoms with Crippen LogP contribution in [0.1, 0.15) is 0 Å². The first-order valence-electron chi connectivity index (χ1n) is 1.30. The zero-order valence-electron chi connectivity index (χ0n) is 2.85. The van der Waals surface area contributed by atoms with Gasteiger partial charge in [-0.05, 0) is 0 Å². The third-order valence-corrected chi connectivity index (χ3v) is 0.209. The van der Waals surface area contributed by atoms with Gasteiger partial charge >= 0.3 is 7.69 Å². The monoisotopic (exact) mass is 75.0 g/mol. The van der Waals surface area contributed by atoms with Crippen LogP contribution in [-0.2, 0) is 4.65 Å². The molecule has 0 radical (unpaired) electrons. The number of hydrogen-bond acceptors (Lipinski definition) is 3. The summed E-state index contributed by atoms with van der Waals surface area (Å²) in [7, 11) is -0.281. The molecule has 0 unspecified atom stereocenters. The summed E-state index contributed by atoms with van der Waals surface area (Å²) in [6.07, 6.45) is 0. The van der Waals surface area contributed by atoms with E-state index < -0.39 is 0 Å². The van der Waals surface area contributed by atoms with Crippen LogP contribution in [0.5, 0.6) is 0 Å². The van der Waals surface area contributed by atoms with Gasteiger partial charge in [-0.1, -0.05) is 0 Å². The molecule has 0 aliphatic heterocycles. The van der Waals surface area contributed by atoms with Gasteiger partial charge < -0.3 is 15.4 Å². The molecule has 0 aromatic carbocycles. The highest BCUT2D eigenvalue weighted by molar-refractivity contribution is 6.15. The van der Waals surface area contributed by atoms with Crippen LogP contribution < -0.4 is 5.73 Å². The lowest BCUT2D eigenvalue weighted by Gasteiger charge is -1.83. The molecule has 0 aromatic heterocycles. The SMILES string of the molecule is NCOBO. The lowest BCUT2D eigenvalue weighted by atomic mass is 10.4. The fraction of sp³-hybridized carbons (Fsp3) is 1.00. The van der Waals surface area contributed by atoms with E-state index in [-0.39, 0.29) is 14.4 Å². The van der Waals surface area contributed by atoms with Crippen LogP contribution in [0.4, 0.5) is 0 Å². The van der Waals surface area contributed by atoms with Gasteiger partial charge in [0.15, 0.2) is 0 Å². The average molecular weight is 74.9 g/mol. The van der Waals surface area contributed by atoms with Crippen LogP contribution in [0, 0.1) is 0 Å². The van der Waals surface area contributed by atoms with Gasteiger partial charge in [0, 0.05) is 0 Å². The van der Waals surface area contributed by atoms with Crippen LogP contribution in [-0.4, -0.2) is 19.4 Å². The number of nitrogens with two attached hydrogens (primary N) is 1. The molecule has 3 nitrogen and oxygen atoms in total. The first-order chi connectivity index (χ1) is 2.41. The Balaban J connectivity index is 2.19. The molecule has 4 heteroatoms. The number of hydrogen-bond donors (Lipinski definition) is 2. The molecule has 0 spiro atoms. The summed E-state index contributed by atoms with van der Waals surface area (Å²) < 4.78 is 4.17. The fourth-order valence-electron chi connectivity index (χ4n) is 0.0527. The third kappa shape index (κ3) is 3.94. The third-order valence-electron chi connectivity index (χ3n) is 0.209. The van der Waals surface area contributed by atoms with Gasteiger partial charge in [0.2, 0.25) is 0 Å². The maximum absolute atomic E-state index is 7.76. The van der Waals surface area contributed by atoms with Crippen molar-refractivity contribution in [1.29, 1.82) is 0 Å². The Hall–Kier alpha value is -0.0551. The lowest BCUT2D eigenvalue weighted by molar-refractivity contribution is 0.294. The second-order valence-corrected chi connectivity index (χ2v) is 0.500. The van der Waals surface area contributed by atoms with Crippen LogP contribution in [0.25, 0.3) is 0 Å². The normalized spacial score (nSPS) is 7.60. The molecule has 0 aliphatic carbocycles. The van der Waals surface area contributed by atoms with E-state index in [1.807, 2.05) is 0 Å². The van der Waals surface area contributed by atoms with Gasteiger partial charge in [-0.2, -0.15) is 0 Å². The van der Waals surface area contributed by atoms with Crippen LogP contribution in [0.2, 0.25) is 0 Å². The molecular formula is CH6BNO2. The van der Waals surface area contributed by atoms with E-state index in [0.717, 1.165) is 0 Å². The van der Waals surface area contributed by atoms with Gasteiger partial charge in [-0.25, -0.2) is 0 Å². The van der Waals surface area contributed by atoms with Crippen molar-refractivity contribution in [1.82, 2.24) is 0 Å². The molecule has 0 fully saturated rings. The summed E-state index contributed by atoms with van der Waals surface area (Å²) in [5, 5.41) is 7.76. The quantitative estimate of drug-likeness (QED) is 0.300. The Labute approximate surface area is 31.0 Å². The molecule has 3 N–H and O–H groups in total. The highest BCUT2D eigenvalue weighted by Crippen LogP contribution is 1.48. The zero-order valence-corrected chi connectivity index (χ0v) is 2.85. The smallest absolute Gasteiger partial charge is 0.430 e. The largest absolute Gasteiger partial charge is 0.436 e. The maximum Gasteiger partial charge on any atom is 0.436 e. The highest BCUT2D eigenvalue weighted by Gasteiger charge is 1.71. The molecule has 0 amide bonds. The molecule has 0 saturated heterocycles. The van der Waals surface area contributed by atoms with Crippen molar-refractivity contribution in [3.05, 3.63) is 0 Å². The molecule has 0 aliphatic rings. The van der Waals surface area contributed by atoms with E-state index in [9.17, 15) is 0 Å². The topological polar surface area (TPSA) is 55.5 Å². The minimum Gasteiger partial charge on any atom is -0.430 e. The molecule has 0 rings (SSSR count). The van der Waals surface area contributed by atoms with E-state index in [4.69, 9.17) is 10.8 Å². The van der Waals surface area contributed by atoms with Crippen LogP contribution in [0.3, 0.4) is 0 Å². The van der Waals surface area contributed by atoms with Crippen molar-refractivity contribution in [2.75, 3.05) is 6.73 Å². The molecule has 30 valence electrons. The van der Waals surface area contributed by atoms with E-state index in [1.165, 1.54) is 0 Å². The van der Waals surface area contributed by atoms with Crippen molar-refractivity contribution in [2.45, 2.75) is 0 Å². The second-order valence-electron chi connectivity index (χ2n) is 0.500. The molecule has 0 saturated carbocycles. The van der Waals surface area contributed by atoms with Gasteiger partial charge in [0.25, 0.3) is 0 Å². The Kier molecular flexibility index (Phi) is 3.90. The minimum absolute atomic E-state index is 0.0938. The first-order valence-corrected chi connectivity index (χ1v) is 1.30. The minimum atomic E-state index is -0.281. The maximum atomic E-state index is 7.76. The van der Waals surface area contributed by atoms with Crippen molar-refractivity contribution in [2.24, 2.45) is 5.73 Å². The highest BCUT2D eigenvalue weighted by atomic mass is 16.5. The van der Waals surface area contributed by atoms with Crippen LogP contribution in [0.15, 0.2) is 0 Å². The molecular weight excluding hydrogens is 68.8 g/mol. The predicted molar refractivity (Wildman–Crippen MR) is 19.5 cm³/mol. The van der Waals surface area contributed by atoms with Crippen molar-refractivity contribution in [3.63, 3.8) is 0 Å². The first kappa shape index (κ1) is 4.94. The summed E-state index contributed by atoms with van der Waals surface area (Å²) in [6, 6.07) is 0. The second kappa shape index (κ2) is 3.94. The van der Waals surface area contributed by atoms with E-state index >= 15 is 0 Å². The number of rotatable bonds is 2. The Bertz CT molecular complexity index is 17.1. The summed E-state index contributed by atoms with van der Waals surface area (Å²) in [6.45, 7) is 0.0938. The van der Waals surface area contributed by atoms with Crippen molar-refractivity contribution in [3.8, 4) is 0 Å². The van der Waals surface area contributed by atoms with E-state index in [2.05, 4.69) is 4.65 Å². The summed E-state index contributed by atoms with van der Waals surface area (Å²) in [5.74, 6) is 0. The zero-order chi connectivity index (χ0) is 4.12. The Morgan fingerprint density at radius 2 is 2.60 bits per heavy atom. The van der Waals surface area contributed by atoms with Gasteiger partial charge in [0.1, 0.15) is 0 Å². The Morgan fingerprint density at radius 1 is 2.00 bits per heavy atom. The van der Waals surface area contributed by atoms with Crippen molar-refractivity contribution >= 4 is 7.69 Å². The summed E-state index contributed by atoms with van der Waals surface area (Å²) >= 11 is 0. The van der Waals surface area contributed by atoms with Gasteiger partial charge in [0.05, 0.1) is 6.73 Å². The summed E-state index contributed by atoms with van der Waals surface area (Å²) in [4.78, 5) is 0. The lowest BCUT2D eigenvalue weighted by Crippen LogP contribution is -2.06. The molecule has 0 bridgehead atoms. The molecule has 0 heterocycles. The van der Waals surface area contributed by atoms with E-state index in [0.29, 0.717) is 0 Å². The van der Waals surface area contributed by atoms with E-state index in [1.54, 1.807) is 0 Å². The molecule has 5 heavy (non-hydrogen) atoms. The standard InChI is InChI=1S/CH6BNO2/c3-1-5-2-4/h2,4H,1,3H2. The van der Waals surface area contributed by atoms with Gasteiger partial charge in [-0.3, -0.25) is 0 Å². The average Bonchev–Trinajstić information content (AvgIpc) is 1.41. The molecule has 0 atom stereocenters. The predicted octanol–water partition coefficient (Wildman–Crippen LogP) is -1.82. The van der Waals surface area contributed by atoms with Crippen LogP contribution >= 0.6 is 0 Å². The summed E-state index contributed by atoms with van der Waals surface area (Å²) in [5.41, 5.74) is 4.76. The fourth-order valence-corrected chi connectivity index (χ4v) is 0.0527. The molecule has 0 aromatic rings. The van der Waals surface area contributed by atoms with Gasteiger partial charge in [-0.15, -0.1) is 0 Å². The van der Waals surface area contributed by atoms with Crippen molar-refractivity contribution < 1.29 is 9.68 Å². The Morgan fingerprint density at radius 3 is 2.60 bits per heavy atom.